The molecule has 0 aliphatic rings. The van der Waals surface area contributed by atoms with E-state index in [0.717, 1.165) is 6.42 Å². The maximum Gasteiger partial charge on any atom is 0.345 e. The number of hydrogen-bond acceptors (Lipinski definition) is 4. The van der Waals surface area contributed by atoms with Gasteiger partial charge in [-0.1, -0.05) is 6.92 Å². The molecule has 0 aliphatic heterocycles. The molecule has 0 fully saturated rings. The normalized spacial score (nSPS) is 10.0. The Bertz CT molecular complexity index is 398. The van der Waals surface area contributed by atoms with Crippen LogP contribution in [0.2, 0.25) is 0 Å². The lowest BCUT2D eigenvalue weighted by Gasteiger charge is -2.01. The SMILES string of the molecule is CCCc1ncc(C(=O)OCC)c(=O)[nH]1. The molecule has 0 aliphatic carbocycles. The topological polar surface area (TPSA) is 72.0 Å². The molecule has 0 spiro atoms. The summed E-state index contributed by atoms with van der Waals surface area (Å²) in [5.74, 6) is -0.0372. The fourth-order valence-corrected chi connectivity index (χ4v) is 1.15. The molecule has 0 saturated carbocycles. The zero-order valence-electron chi connectivity index (χ0n) is 8.87. The van der Waals surface area contributed by atoms with Gasteiger partial charge in [-0.3, -0.25) is 4.79 Å². The average Bonchev–Trinajstić information content (AvgIpc) is 2.18. The van der Waals surface area contributed by atoms with Gasteiger partial charge in [0.2, 0.25) is 0 Å². The first-order valence-electron chi connectivity index (χ1n) is 4.94. The van der Waals surface area contributed by atoms with Gasteiger partial charge in [0.25, 0.3) is 5.56 Å². The molecule has 1 aromatic rings. The van der Waals surface area contributed by atoms with Crippen LogP contribution in [0.1, 0.15) is 36.5 Å². The number of H-pyrrole nitrogens is 1. The van der Waals surface area contributed by atoms with Crippen LogP contribution in [0, 0.1) is 0 Å². The molecule has 82 valence electrons. The number of carbonyl (C=O) groups is 1. The highest BCUT2D eigenvalue weighted by Crippen LogP contribution is 1.96. The summed E-state index contributed by atoms with van der Waals surface area (Å²) >= 11 is 0. The Morgan fingerprint density at radius 2 is 2.27 bits per heavy atom. The van der Waals surface area contributed by atoms with E-state index in [-0.39, 0.29) is 12.2 Å². The first kappa shape index (κ1) is 11.4. The van der Waals surface area contributed by atoms with E-state index in [4.69, 9.17) is 4.74 Å². The highest BCUT2D eigenvalue weighted by atomic mass is 16.5. The third-order valence-electron chi connectivity index (χ3n) is 1.83. The average molecular weight is 210 g/mol. The summed E-state index contributed by atoms with van der Waals surface area (Å²) < 4.78 is 4.71. The van der Waals surface area contributed by atoms with E-state index in [1.165, 1.54) is 6.20 Å². The van der Waals surface area contributed by atoms with Crippen LogP contribution in [0.3, 0.4) is 0 Å². The predicted octanol–water partition coefficient (Wildman–Crippen LogP) is 0.899. The van der Waals surface area contributed by atoms with E-state index >= 15 is 0 Å². The second kappa shape index (κ2) is 5.29. The summed E-state index contributed by atoms with van der Waals surface area (Å²) in [7, 11) is 0. The first-order chi connectivity index (χ1) is 7.19. The van der Waals surface area contributed by atoms with E-state index in [2.05, 4.69) is 9.97 Å². The summed E-state index contributed by atoms with van der Waals surface area (Å²) in [6.07, 6.45) is 2.85. The van der Waals surface area contributed by atoms with Crippen LogP contribution in [0.4, 0.5) is 0 Å². The van der Waals surface area contributed by atoms with Crippen molar-refractivity contribution in [2.75, 3.05) is 6.61 Å². The summed E-state index contributed by atoms with van der Waals surface area (Å²) in [6.45, 7) is 3.92. The Hall–Kier alpha value is -1.65. The van der Waals surface area contributed by atoms with Gasteiger partial charge in [0.1, 0.15) is 11.4 Å². The van der Waals surface area contributed by atoms with Gasteiger partial charge in [0.15, 0.2) is 0 Å². The molecule has 0 atom stereocenters. The van der Waals surface area contributed by atoms with Crippen LogP contribution in [-0.4, -0.2) is 22.5 Å². The van der Waals surface area contributed by atoms with Crippen LogP contribution in [0.15, 0.2) is 11.0 Å². The second-order valence-electron chi connectivity index (χ2n) is 3.04. The fraction of sp³-hybridized carbons (Fsp3) is 0.500. The highest BCUT2D eigenvalue weighted by molar-refractivity contribution is 5.88. The number of nitrogens with one attached hydrogen (secondary N) is 1. The molecule has 0 saturated heterocycles. The Labute approximate surface area is 87.5 Å². The minimum Gasteiger partial charge on any atom is -0.462 e. The maximum atomic E-state index is 11.4. The third kappa shape index (κ3) is 2.90. The van der Waals surface area contributed by atoms with Gasteiger partial charge >= 0.3 is 5.97 Å². The van der Waals surface area contributed by atoms with Crippen LogP contribution >= 0.6 is 0 Å². The predicted molar refractivity (Wildman–Crippen MR) is 54.8 cm³/mol. The van der Waals surface area contributed by atoms with Crippen molar-refractivity contribution >= 4 is 5.97 Å². The van der Waals surface area contributed by atoms with Gasteiger partial charge in [-0.25, -0.2) is 9.78 Å². The van der Waals surface area contributed by atoms with E-state index in [9.17, 15) is 9.59 Å². The van der Waals surface area contributed by atoms with Crippen molar-refractivity contribution in [2.45, 2.75) is 26.7 Å². The zero-order chi connectivity index (χ0) is 11.3. The molecule has 15 heavy (non-hydrogen) atoms. The Morgan fingerprint density at radius 3 is 2.80 bits per heavy atom. The van der Waals surface area contributed by atoms with E-state index in [1.54, 1.807) is 6.92 Å². The summed E-state index contributed by atoms with van der Waals surface area (Å²) in [5.41, 5.74) is -0.483. The standard InChI is InChI=1S/C10H14N2O3/c1-3-5-8-11-6-7(9(13)12-8)10(14)15-4-2/h6H,3-5H2,1-2H3,(H,11,12,13). The van der Waals surface area contributed by atoms with Gasteiger partial charge in [-0.2, -0.15) is 0 Å². The van der Waals surface area contributed by atoms with E-state index in [0.29, 0.717) is 12.2 Å². The van der Waals surface area contributed by atoms with E-state index in [1.807, 2.05) is 6.92 Å². The largest absolute Gasteiger partial charge is 0.462 e. The molecule has 1 rings (SSSR count). The molecular weight excluding hydrogens is 196 g/mol. The van der Waals surface area contributed by atoms with Crippen molar-refractivity contribution in [2.24, 2.45) is 0 Å². The molecule has 1 N–H and O–H groups in total. The molecule has 0 unspecified atom stereocenters. The minimum atomic E-state index is -0.630. The second-order valence-corrected chi connectivity index (χ2v) is 3.04. The van der Waals surface area contributed by atoms with Crippen LogP contribution in [-0.2, 0) is 11.2 Å². The third-order valence-corrected chi connectivity index (χ3v) is 1.83. The Morgan fingerprint density at radius 1 is 1.53 bits per heavy atom. The summed E-state index contributed by atoms with van der Waals surface area (Å²) in [5, 5.41) is 0. The van der Waals surface area contributed by atoms with Gasteiger partial charge in [0.05, 0.1) is 6.61 Å². The van der Waals surface area contributed by atoms with Gasteiger partial charge < -0.3 is 9.72 Å². The van der Waals surface area contributed by atoms with Gasteiger partial charge in [-0.15, -0.1) is 0 Å². The number of aryl methyl sites for hydroxylation is 1. The Balaban J connectivity index is 2.93. The van der Waals surface area contributed by atoms with Gasteiger partial charge in [-0.05, 0) is 13.3 Å². The molecule has 0 aromatic carbocycles. The van der Waals surface area contributed by atoms with E-state index < -0.39 is 11.5 Å². The van der Waals surface area contributed by atoms with Crippen LogP contribution in [0.5, 0.6) is 0 Å². The lowest BCUT2D eigenvalue weighted by atomic mass is 10.3. The molecule has 0 amide bonds. The monoisotopic (exact) mass is 210 g/mol. The van der Waals surface area contributed by atoms with Crippen LogP contribution in [0.25, 0.3) is 0 Å². The molecule has 1 aromatic heterocycles. The number of aromatic nitrogens is 2. The van der Waals surface area contributed by atoms with Crippen molar-refractivity contribution in [1.29, 1.82) is 0 Å². The zero-order valence-corrected chi connectivity index (χ0v) is 8.87. The number of rotatable bonds is 4. The number of carbonyl (C=O) groups excluding carboxylic acids is 1. The molecule has 0 bridgehead atoms. The lowest BCUT2D eigenvalue weighted by molar-refractivity contribution is 0.0523. The number of aromatic amines is 1. The van der Waals surface area contributed by atoms with Crippen molar-refractivity contribution < 1.29 is 9.53 Å². The fourth-order valence-electron chi connectivity index (χ4n) is 1.15. The minimum absolute atomic E-state index is 0.0447. The molecule has 5 nitrogen and oxygen atoms in total. The highest BCUT2D eigenvalue weighted by Gasteiger charge is 2.12. The van der Waals surface area contributed by atoms with Crippen molar-refractivity contribution in [3.63, 3.8) is 0 Å². The lowest BCUT2D eigenvalue weighted by Crippen LogP contribution is -2.21. The number of nitrogens with zero attached hydrogens (tertiary/aromatic N) is 1. The van der Waals surface area contributed by atoms with Gasteiger partial charge in [0, 0.05) is 12.6 Å². The smallest absolute Gasteiger partial charge is 0.345 e. The molecule has 5 heteroatoms. The molecule has 1 heterocycles. The first-order valence-corrected chi connectivity index (χ1v) is 4.94. The Kier molecular flexibility index (Phi) is 4.03. The summed E-state index contributed by atoms with van der Waals surface area (Å²) in [6, 6.07) is 0. The van der Waals surface area contributed by atoms with Crippen molar-refractivity contribution in [3.05, 3.63) is 27.9 Å². The van der Waals surface area contributed by atoms with Crippen molar-refractivity contribution in [3.8, 4) is 0 Å². The number of esters is 1. The van der Waals surface area contributed by atoms with Crippen LogP contribution < -0.4 is 5.56 Å². The quantitative estimate of drug-likeness (QED) is 0.749. The number of hydrogen-bond donors (Lipinski definition) is 1. The molecule has 0 radical (unpaired) electrons. The summed E-state index contributed by atoms with van der Waals surface area (Å²) in [4.78, 5) is 29.2. The number of ether oxygens (including phenoxy) is 1. The maximum absolute atomic E-state index is 11.4. The van der Waals surface area contributed by atoms with Crippen molar-refractivity contribution in [1.82, 2.24) is 9.97 Å². The molecular formula is C10H14N2O3.